The molecule has 15 heavy (non-hydrogen) atoms. The van der Waals surface area contributed by atoms with E-state index in [2.05, 4.69) is 0 Å². The number of hydrogen-bond donors (Lipinski definition) is 2. The molecule has 0 aromatic heterocycles. The van der Waals surface area contributed by atoms with Gasteiger partial charge < -0.3 is 5.73 Å². The summed E-state index contributed by atoms with van der Waals surface area (Å²) in [5.74, 6) is -0.838. The average Bonchev–Trinajstić information content (AvgIpc) is 2.14. The van der Waals surface area contributed by atoms with Crippen LogP contribution < -0.4 is 10.9 Å². The Labute approximate surface area is 87.4 Å². The molecular formula is C9H10N2O3S. The summed E-state index contributed by atoms with van der Waals surface area (Å²) in [6.07, 6.45) is 0. The van der Waals surface area contributed by atoms with E-state index in [1.54, 1.807) is 30.3 Å². The molecule has 4 N–H and O–H groups in total. The van der Waals surface area contributed by atoms with Gasteiger partial charge >= 0.3 is 0 Å². The molecule has 0 unspecified atom stereocenters. The van der Waals surface area contributed by atoms with Crippen molar-refractivity contribution in [3.8, 4) is 0 Å². The Bertz CT molecular complexity index is 491. The van der Waals surface area contributed by atoms with Crippen LogP contribution in [0.25, 0.3) is 5.57 Å². The van der Waals surface area contributed by atoms with Crippen molar-refractivity contribution < 1.29 is 13.2 Å². The predicted molar refractivity (Wildman–Crippen MR) is 56.7 cm³/mol. The summed E-state index contributed by atoms with van der Waals surface area (Å²) in [6, 6.07) is 8.20. The number of amides is 1. The Morgan fingerprint density at radius 3 is 2.13 bits per heavy atom. The van der Waals surface area contributed by atoms with E-state index < -0.39 is 15.9 Å². The fourth-order valence-electron chi connectivity index (χ4n) is 1.05. The van der Waals surface area contributed by atoms with Crippen LogP contribution in [-0.4, -0.2) is 14.3 Å². The molecule has 1 amide bonds. The summed E-state index contributed by atoms with van der Waals surface area (Å²) in [6.45, 7) is 0. The highest BCUT2D eigenvalue weighted by molar-refractivity contribution is 7.92. The highest BCUT2D eigenvalue weighted by Gasteiger charge is 2.11. The first-order valence-corrected chi connectivity index (χ1v) is 5.61. The molecule has 1 rings (SSSR count). The van der Waals surface area contributed by atoms with Gasteiger partial charge in [-0.2, -0.15) is 0 Å². The van der Waals surface area contributed by atoms with Crippen LogP contribution in [0, 0.1) is 0 Å². The topological polar surface area (TPSA) is 103 Å². The van der Waals surface area contributed by atoms with Gasteiger partial charge in [-0.3, -0.25) is 4.79 Å². The lowest BCUT2D eigenvalue weighted by Crippen LogP contribution is -2.17. The normalized spacial score (nSPS) is 12.5. The maximum absolute atomic E-state index is 11.0. The molecule has 0 saturated heterocycles. The van der Waals surface area contributed by atoms with E-state index >= 15 is 0 Å². The van der Waals surface area contributed by atoms with E-state index in [0.717, 1.165) is 0 Å². The first-order valence-electron chi connectivity index (χ1n) is 4.00. The lowest BCUT2D eigenvalue weighted by molar-refractivity contribution is -0.112. The minimum absolute atomic E-state index is 0.127. The van der Waals surface area contributed by atoms with Crippen molar-refractivity contribution in [2.45, 2.75) is 0 Å². The van der Waals surface area contributed by atoms with Crippen LogP contribution in [0.4, 0.5) is 0 Å². The lowest BCUT2D eigenvalue weighted by Gasteiger charge is -2.01. The number of primary amides is 1. The Hall–Kier alpha value is -1.66. The van der Waals surface area contributed by atoms with Gasteiger partial charge in [0.25, 0.3) is 0 Å². The van der Waals surface area contributed by atoms with Crippen molar-refractivity contribution in [1.82, 2.24) is 0 Å². The summed E-state index contributed by atoms with van der Waals surface area (Å²) in [5.41, 5.74) is 5.34. The molecule has 1 aromatic carbocycles. The predicted octanol–water partition coefficient (Wildman–Crippen LogP) is -0.199. The molecule has 0 aliphatic carbocycles. The van der Waals surface area contributed by atoms with E-state index in [-0.39, 0.29) is 5.57 Å². The molecule has 0 atom stereocenters. The monoisotopic (exact) mass is 226 g/mol. The van der Waals surface area contributed by atoms with Crippen LogP contribution in [-0.2, 0) is 14.8 Å². The summed E-state index contributed by atoms with van der Waals surface area (Å²) in [4.78, 5) is 11.0. The van der Waals surface area contributed by atoms with Crippen molar-refractivity contribution >= 4 is 21.5 Å². The molecule has 0 bridgehead atoms. The molecule has 0 saturated carbocycles. The minimum atomic E-state index is -3.88. The maximum atomic E-state index is 11.0. The molecule has 0 heterocycles. The van der Waals surface area contributed by atoms with Gasteiger partial charge in [-0.1, -0.05) is 30.3 Å². The summed E-state index contributed by atoms with van der Waals surface area (Å²) in [7, 11) is -3.88. The number of carbonyl (C=O) groups excluding carboxylic acids is 1. The average molecular weight is 226 g/mol. The number of benzene rings is 1. The molecule has 5 nitrogen and oxygen atoms in total. The van der Waals surface area contributed by atoms with Gasteiger partial charge in [-0.05, 0) is 5.56 Å². The second-order valence-corrected chi connectivity index (χ2v) is 4.26. The minimum Gasteiger partial charge on any atom is -0.366 e. The summed E-state index contributed by atoms with van der Waals surface area (Å²) in [5, 5.41) is 5.46. The number of rotatable bonds is 3. The standard InChI is InChI=1S/C9H10N2O3S/c10-9(12)8(6-15(11,13)14)7-4-2-1-3-5-7/h1-6H,(H2,10,12)(H2,11,13,14). The van der Waals surface area contributed by atoms with Crippen LogP contribution in [0.5, 0.6) is 0 Å². The van der Waals surface area contributed by atoms with Gasteiger partial charge in [-0.25, -0.2) is 13.6 Å². The fraction of sp³-hybridized carbons (Fsp3) is 0. The molecule has 0 aliphatic heterocycles. The van der Waals surface area contributed by atoms with Gasteiger partial charge in [0.05, 0.1) is 11.0 Å². The van der Waals surface area contributed by atoms with Crippen molar-refractivity contribution in [2.75, 3.05) is 0 Å². The third-order valence-electron chi connectivity index (χ3n) is 1.63. The maximum Gasteiger partial charge on any atom is 0.250 e. The van der Waals surface area contributed by atoms with Crippen molar-refractivity contribution in [3.05, 3.63) is 41.3 Å². The van der Waals surface area contributed by atoms with Crippen LogP contribution in [0.2, 0.25) is 0 Å². The van der Waals surface area contributed by atoms with E-state index in [1.807, 2.05) is 0 Å². The largest absolute Gasteiger partial charge is 0.366 e. The van der Waals surface area contributed by atoms with Crippen molar-refractivity contribution in [3.63, 3.8) is 0 Å². The smallest absolute Gasteiger partial charge is 0.250 e. The van der Waals surface area contributed by atoms with E-state index in [1.165, 1.54) is 0 Å². The highest BCUT2D eigenvalue weighted by atomic mass is 32.2. The number of hydrogen-bond acceptors (Lipinski definition) is 3. The zero-order chi connectivity index (χ0) is 11.5. The Morgan fingerprint density at radius 2 is 1.73 bits per heavy atom. The van der Waals surface area contributed by atoms with Crippen LogP contribution >= 0.6 is 0 Å². The summed E-state index contributed by atoms with van der Waals surface area (Å²) >= 11 is 0. The van der Waals surface area contributed by atoms with Gasteiger partial charge in [-0.15, -0.1) is 0 Å². The van der Waals surface area contributed by atoms with Gasteiger partial charge in [0.15, 0.2) is 0 Å². The number of primary sulfonamides is 1. The molecule has 80 valence electrons. The van der Waals surface area contributed by atoms with Gasteiger partial charge in [0.1, 0.15) is 0 Å². The zero-order valence-electron chi connectivity index (χ0n) is 7.75. The second-order valence-electron chi connectivity index (χ2n) is 2.85. The Balaban J connectivity index is 3.29. The number of nitrogens with two attached hydrogens (primary N) is 2. The van der Waals surface area contributed by atoms with Gasteiger partial charge in [0, 0.05) is 0 Å². The molecule has 0 aliphatic rings. The van der Waals surface area contributed by atoms with Crippen LogP contribution in [0.15, 0.2) is 35.7 Å². The van der Waals surface area contributed by atoms with Crippen molar-refractivity contribution in [2.24, 2.45) is 10.9 Å². The summed E-state index contributed by atoms with van der Waals surface area (Å²) < 4.78 is 21.6. The van der Waals surface area contributed by atoms with Crippen LogP contribution in [0.1, 0.15) is 5.56 Å². The first kappa shape index (κ1) is 11.4. The zero-order valence-corrected chi connectivity index (χ0v) is 8.57. The quantitative estimate of drug-likeness (QED) is 0.697. The second kappa shape index (κ2) is 4.24. The third-order valence-corrected chi connectivity index (χ3v) is 2.20. The highest BCUT2D eigenvalue weighted by Crippen LogP contribution is 2.13. The Kier molecular flexibility index (Phi) is 3.23. The third kappa shape index (κ3) is 3.53. The SMILES string of the molecule is NC(=O)C(=CS(N)(=O)=O)c1ccccc1. The molecular weight excluding hydrogens is 216 g/mol. The lowest BCUT2D eigenvalue weighted by atomic mass is 10.1. The van der Waals surface area contributed by atoms with E-state index in [0.29, 0.717) is 11.0 Å². The molecule has 0 radical (unpaired) electrons. The fourth-order valence-corrected chi connectivity index (χ4v) is 1.63. The van der Waals surface area contributed by atoms with E-state index in [4.69, 9.17) is 10.9 Å². The first-order chi connectivity index (χ1) is 6.90. The van der Waals surface area contributed by atoms with E-state index in [9.17, 15) is 13.2 Å². The van der Waals surface area contributed by atoms with Crippen LogP contribution in [0.3, 0.4) is 0 Å². The number of sulfonamides is 1. The number of carbonyl (C=O) groups is 1. The molecule has 0 fully saturated rings. The van der Waals surface area contributed by atoms with Crippen molar-refractivity contribution in [1.29, 1.82) is 0 Å². The van der Waals surface area contributed by atoms with Gasteiger partial charge in [0.2, 0.25) is 15.9 Å². The molecule has 6 heteroatoms. The Morgan fingerprint density at radius 1 is 1.20 bits per heavy atom. The molecule has 1 aromatic rings. The molecule has 0 spiro atoms.